The molecule has 2 atom stereocenters. The highest BCUT2D eigenvalue weighted by Gasteiger charge is 2.35. The largest absolute Gasteiger partial charge is 0.480 e. The van der Waals surface area contributed by atoms with Gasteiger partial charge in [0.15, 0.2) is 0 Å². The maximum absolute atomic E-state index is 11.4. The molecular weight excluding hydrogens is 216 g/mol. The van der Waals surface area contributed by atoms with Crippen LogP contribution in [0, 0.1) is 11.3 Å². The Morgan fingerprint density at radius 3 is 2.94 bits per heavy atom. The minimum atomic E-state index is -0.890. The monoisotopic (exact) mass is 230 g/mol. The van der Waals surface area contributed by atoms with E-state index < -0.39 is 12.0 Å². The van der Waals surface area contributed by atoms with Crippen LogP contribution in [0.15, 0.2) is 24.3 Å². The molecule has 0 radical (unpaired) electrons. The van der Waals surface area contributed by atoms with Gasteiger partial charge in [0.1, 0.15) is 6.04 Å². The zero-order chi connectivity index (χ0) is 12.4. The van der Waals surface area contributed by atoms with E-state index in [1.165, 1.54) is 0 Å². The Hall–Kier alpha value is -1.86. The van der Waals surface area contributed by atoms with Crippen molar-refractivity contribution in [1.82, 2.24) is 4.90 Å². The van der Waals surface area contributed by atoms with Crippen molar-refractivity contribution in [3.05, 3.63) is 35.4 Å². The zero-order valence-electron chi connectivity index (χ0n) is 9.63. The summed E-state index contributed by atoms with van der Waals surface area (Å²) in [6.45, 7) is 2.35. The van der Waals surface area contributed by atoms with E-state index in [-0.39, 0.29) is 6.04 Å². The first-order valence-electron chi connectivity index (χ1n) is 5.61. The smallest absolute Gasteiger partial charge is 0.325 e. The lowest BCUT2D eigenvalue weighted by molar-refractivity contribution is -0.144. The van der Waals surface area contributed by atoms with Gasteiger partial charge in [-0.15, -0.1) is 0 Å². The number of nitriles is 1. The molecule has 17 heavy (non-hydrogen) atoms. The third-order valence-electron chi connectivity index (χ3n) is 3.24. The van der Waals surface area contributed by atoms with Crippen molar-refractivity contribution in [3.8, 4) is 6.07 Å². The van der Waals surface area contributed by atoms with Crippen LogP contribution in [-0.4, -0.2) is 28.6 Å². The second-order valence-corrected chi connectivity index (χ2v) is 4.23. The first-order valence-corrected chi connectivity index (χ1v) is 5.61. The van der Waals surface area contributed by atoms with Crippen LogP contribution in [0.1, 0.15) is 24.1 Å². The molecule has 88 valence electrons. The van der Waals surface area contributed by atoms with Gasteiger partial charge >= 0.3 is 5.97 Å². The van der Waals surface area contributed by atoms with Gasteiger partial charge in [0, 0.05) is 6.54 Å². The summed E-state index contributed by atoms with van der Waals surface area (Å²) in [5, 5.41) is 18.3. The third kappa shape index (κ3) is 2.02. The van der Waals surface area contributed by atoms with E-state index in [1.54, 1.807) is 11.8 Å². The minimum Gasteiger partial charge on any atom is -0.480 e. The predicted octanol–water partition coefficient (Wildman–Crippen LogP) is 1.58. The van der Waals surface area contributed by atoms with E-state index in [0.29, 0.717) is 6.54 Å². The molecule has 0 fully saturated rings. The summed E-state index contributed by atoms with van der Waals surface area (Å²) in [5.74, 6) is -0.890. The molecule has 1 heterocycles. The number of carbonyl (C=O) groups is 1. The van der Waals surface area contributed by atoms with Gasteiger partial charge in [-0.25, -0.2) is 0 Å². The van der Waals surface area contributed by atoms with E-state index >= 15 is 0 Å². The van der Waals surface area contributed by atoms with Gasteiger partial charge in [-0.2, -0.15) is 5.26 Å². The van der Waals surface area contributed by atoms with Crippen LogP contribution in [0.25, 0.3) is 0 Å². The van der Waals surface area contributed by atoms with Crippen molar-refractivity contribution in [3.63, 3.8) is 0 Å². The molecule has 1 aromatic carbocycles. The molecule has 2 rings (SSSR count). The maximum atomic E-state index is 11.4. The lowest BCUT2D eigenvalue weighted by Gasteiger charge is -2.36. The number of nitrogens with zero attached hydrogens (tertiary/aromatic N) is 2. The van der Waals surface area contributed by atoms with Crippen molar-refractivity contribution in [1.29, 1.82) is 5.26 Å². The van der Waals surface area contributed by atoms with Crippen LogP contribution in [0.3, 0.4) is 0 Å². The normalized spacial score (nSPS) is 21.3. The fourth-order valence-electron chi connectivity index (χ4n) is 2.35. The van der Waals surface area contributed by atoms with Crippen LogP contribution < -0.4 is 0 Å². The molecule has 0 spiro atoms. The molecule has 0 aromatic heterocycles. The Bertz CT molecular complexity index is 479. The first-order chi connectivity index (χ1) is 8.15. The summed E-state index contributed by atoms with van der Waals surface area (Å²) in [5.41, 5.74) is 1.88. The highest BCUT2D eigenvalue weighted by Crippen LogP contribution is 2.31. The van der Waals surface area contributed by atoms with Crippen LogP contribution in [-0.2, 0) is 11.2 Å². The van der Waals surface area contributed by atoms with Crippen LogP contribution in [0.2, 0.25) is 0 Å². The molecule has 0 saturated carbocycles. The fourth-order valence-corrected chi connectivity index (χ4v) is 2.35. The summed E-state index contributed by atoms with van der Waals surface area (Å²) >= 11 is 0. The van der Waals surface area contributed by atoms with Crippen LogP contribution in [0.5, 0.6) is 0 Å². The molecule has 0 amide bonds. The van der Waals surface area contributed by atoms with E-state index in [0.717, 1.165) is 17.5 Å². The summed E-state index contributed by atoms with van der Waals surface area (Å²) in [7, 11) is 0. The molecule has 0 bridgehead atoms. The first kappa shape index (κ1) is 11.6. The molecule has 2 unspecified atom stereocenters. The van der Waals surface area contributed by atoms with Crippen molar-refractivity contribution in [2.24, 2.45) is 0 Å². The summed E-state index contributed by atoms with van der Waals surface area (Å²) in [6, 6.07) is 8.58. The summed E-state index contributed by atoms with van der Waals surface area (Å²) < 4.78 is 0. The molecule has 1 N–H and O–H groups in total. The lowest BCUT2D eigenvalue weighted by atomic mass is 9.91. The summed E-state index contributed by atoms with van der Waals surface area (Å²) in [6.07, 6.45) is 0.798. The van der Waals surface area contributed by atoms with Gasteiger partial charge in [0.25, 0.3) is 0 Å². The van der Waals surface area contributed by atoms with Crippen LogP contribution >= 0.6 is 0 Å². The molecule has 4 nitrogen and oxygen atoms in total. The number of hydrogen-bond donors (Lipinski definition) is 1. The molecule has 1 aliphatic rings. The quantitative estimate of drug-likeness (QED) is 0.837. The van der Waals surface area contributed by atoms with E-state index in [2.05, 4.69) is 6.07 Å². The molecule has 1 aromatic rings. The third-order valence-corrected chi connectivity index (χ3v) is 3.24. The molecular formula is C13H14N2O2. The Kier molecular flexibility index (Phi) is 3.12. The average molecular weight is 230 g/mol. The Balaban J connectivity index is 2.44. The van der Waals surface area contributed by atoms with E-state index in [4.69, 9.17) is 5.26 Å². The Morgan fingerprint density at radius 1 is 1.59 bits per heavy atom. The zero-order valence-corrected chi connectivity index (χ0v) is 9.63. The topological polar surface area (TPSA) is 64.3 Å². The molecule has 1 aliphatic heterocycles. The molecule has 0 saturated heterocycles. The van der Waals surface area contributed by atoms with Gasteiger partial charge in [0.2, 0.25) is 0 Å². The summed E-state index contributed by atoms with van der Waals surface area (Å²) in [4.78, 5) is 13.1. The second kappa shape index (κ2) is 4.56. The number of hydrogen-bond acceptors (Lipinski definition) is 3. The van der Waals surface area contributed by atoms with Gasteiger partial charge in [-0.05, 0) is 24.5 Å². The van der Waals surface area contributed by atoms with Gasteiger partial charge in [-0.1, -0.05) is 24.3 Å². The number of carboxylic acids is 1. The van der Waals surface area contributed by atoms with Crippen molar-refractivity contribution in [2.75, 3.05) is 6.54 Å². The lowest BCUT2D eigenvalue weighted by Crippen LogP contribution is -2.44. The number of carboxylic acid groups (broad SMARTS) is 1. The van der Waals surface area contributed by atoms with Crippen LogP contribution in [0.4, 0.5) is 0 Å². The average Bonchev–Trinajstić information content (AvgIpc) is 2.36. The van der Waals surface area contributed by atoms with E-state index in [9.17, 15) is 9.90 Å². The predicted molar refractivity (Wildman–Crippen MR) is 62.3 cm³/mol. The SMILES string of the molecule is CC(C#N)N1CCc2ccccc2C1C(=O)O. The second-order valence-electron chi connectivity index (χ2n) is 4.23. The standard InChI is InChI=1S/C13H14N2O2/c1-9(8-14)15-7-6-10-4-2-3-5-11(10)12(15)13(16)17/h2-5,9,12H,6-7H2,1H3,(H,16,17). The number of fused-ring (bicyclic) bond motifs is 1. The fraction of sp³-hybridized carbons (Fsp3) is 0.385. The van der Waals surface area contributed by atoms with Crippen molar-refractivity contribution >= 4 is 5.97 Å². The van der Waals surface area contributed by atoms with E-state index in [1.807, 2.05) is 24.3 Å². The van der Waals surface area contributed by atoms with Crippen molar-refractivity contribution in [2.45, 2.75) is 25.4 Å². The minimum absolute atomic E-state index is 0.385. The van der Waals surface area contributed by atoms with Gasteiger partial charge in [0.05, 0.1) is 12.1 Å². The number of aliphatic carboxylic acids is 1. The van der Waals surface area contributed by atoms with Crippen molar-refractivity contribution < 1.29 is 9.90 Å². The highest BCUT2D eigenvalue weighted by atomic mass is 16.4. The number of benzene rings is 1. The molecule has 0 aliphatic carbocycles. The maximum Gasteiger partial charge on any atom is 0.325 e. The highest BCUT2D eigenvalue weighted by molar-refractivity contribution is 5.76. The van der Waals surface area contributed by atoms with Gasteiger partial charge < -0.3 is 5.11 Å². The number of rotatable bonds is 2. The Morgan fingerprint density at radius 2 is 2.29 bits per heavy atom. The van der Waals surface area contributed by atoms with Gasteiger partial charge in [-0.3, -0.25) is 9.69 Å². The Labute approximate surface area is 100 Å². The molecule has 4 heteroatoms.